The molecule has 0 N–H and O–H groups in total. The molecule has 0 spiro atoms. The second-order valence-electron chi connectivity index (χ2n) is 8.15. The van der Waals surface area contributed by atoms with E-state index in [2.05, 4.69) is 6.58 Å². The summed E-state index contributed by atoms with van der Waals surface area (Å²) in [4.78, 5) is 0. The Kier molecular flexibility index (Phi) is 7.70. The SMILES string of the molecule is C=CCCC1OCC(c2ccc(-c3ccc(-c4ccc(OCC)c(F)c4F)cc3)c(F)c2)CO1. The number of benzene rings is 3. The van der Waals surface area contributed by atoms with Crippen LogP contribution in [0.2, 0.25) is 0 Å². The molecule has 0 atom stereocenters. The van der Waals surface area contributed by atoms with E-state index in [0.29, 0.717) is 29.9 Å². The van der Waals surface area contributed by atoms with E-state index in [0.717, 1.165) is 18.4 Å². The minimum atomic E-state index is -1.02. The second kappa shape index (κ2) is 10.9. The van der Waals surface area contributed by atoms with Crippen LogP contribution in [0, 0.1) is 17.5 Å². The third-order valence-corrected chi connectivity index (χ3v) is 5.89. The van der Waals surface area contributed by atoms with E-state index >= 15 is 0 Å². The molecule has 0 radical (unpaired) electrons. The fourth-order valence-corrected chi connectivity index (χ4v) is 4.03. The van der Waals surface area contributed by atoms with Crippen LogP contribution in [0.3, 0.4) is 0 Å². The first-order valence-corrected chi connectivity index (χ1v) is 11.4. The summed E-state index contributed by atoms with van der Waals surface area (Å²) in [6, 6.07) is 14.7. The van der Waals surface area contributed by atoms with Gasteiger partial charge in [-0.05, 0) is 48.2 Å². The third-order valence-electron chi connectivity index (χ3n) is 5.89. The molecule has 6 heteroatoms. The van der Waals surface area contributed by atoms with Crippen molar-refractivity contribution in [2.75, 3.05) is 19.8 Å². The molecular formula is C28H27F3O3. The van der Waals surface area contributed by atoms with Crippen molar-refractivity contribution in [2.24, 2.45) is 0 Å². The van der Waals surface area contributed by atoms with E-state index in [-0.39, 0.29) is 35.9 Å². The van der Waals surface area contributed by atoms with E-state index in [4.69, 9.17) is 14.2 Å². The van der Waals surface area contributed by atoms with E-state index in [1.807, 2.05) is 12.1 Å². The van der Waals surface area contributed by atoms with Crippen LogP contribution < -0.4 is 4.74 Å². The Hall–Kier alpha value is -3.09. The summed E-state index contributed by atoms with van der Waals surface area (Å²) in [5.41, 5.74) is 2.48. The summed E-state index contributed by atoms with van der Waals surface area (Å²) >= 11 is 0. The zero-order valence-corrected chi connectivity index (χ0v) is 19.0. The molecule has 1 saturated heterocycles. The predicted molar refractivity (Wildman–Crippen MR) is 126 cm³/mol. The maximum Gasteiger partial charge on any atom is 0.201 e. The van der Waals surface area contributed by atoms with Crippen LogP contribution in [0.25, 0.3) is 22.3 Å². The molecule has 3 aromatic rings. The Bertz CT molecular complexity index is 1140. The van der Waals surface area contributed by atoms with Crippen LogP contribution in [-0.2, 0) is 9.47 Å². The molecule has 1 aliphatic rings. The predicted octanol–water partition coefficient (Wildman–Crippen LogP) is 7.26. The van der Waals surface area contributed by atoms with Gasteiger partial charge in [-0.2, -0.15) is 4.39 Å². The van der Waals surface area contributed by atoms with Gasteiger partial charge in [0.1, 0.15) is 5.82 Å². The molecule has 0 bridgehead atoms. The van der Waals surface area contributed by atoms with Crippen LogP contribution in [0.1, 0.15) is 31.2 Å². The molecule has 1 aliphatic heterocycles. The fraction of sp³-hybridized carbons (Fsp3) is 0.286. The lowest BCUT2D eigenvalue weighted by Gasteiger charge is -2.29. The average Bonchev–Trinajstić information content (AvgIpc) is 2.86. The van der Waals surface area contributed by atoms with Crippen molar-refractivity contribution in [2.45, 2.75) is 32.0 Å². The van der Waals surface area contributed by atoms with Crippen LogP contribution in [0.4, 0.5) is 13.2 Å². The van der Waals surface area contributed by atoms with Crippen molar-refractivity contribution in [3.63, 3.8) is 0 Å². The fourth-order valence-electron chi connectivity index (χ4n) is 4.03. The molecular weight excluding hydrogens is 441 g/mol. The molecule has 3 aromatic carbocycles. The van der Waals surface area contributed by atoms with Crippen LogP contribution >= 0.6 is 0 Å². The molecule has 4 rings (SSSR count). The van der Waals surface area contributed by atoms with Gasteiger partial charge in [-0.15, -0.1) is 6.58 Å². The van der Waals surface area contributed by atoms with E-state index in [1.54, 1.807) is 37.3 Å². The summed E-state index contributed by atoms with van der Waals surface area (Å²) in [7, 11) is 0. The highest BCUT2D eigenvalue weighted by Gasteiger charge is 2.24. The number of hydrogen-bond acceptors (Lipinski definition) is 3. The highest BCUT2D eigenvalue weighted by Crippen LogP contribution is 2.33. The molecule has 0 aliphatic carbocycles. The molecule has 1 fully saturated rings. The van der Waals surface area contributed by atoms with Gasteiger partial charge in [0.25, 0.3) is 0 Å². The topological polar surface area (TPSA) is 27.7 Å². The first-order chi connectivity index (χ1) is 16.5. The van der Waals surface area contributed by atoms with Gasteiger partial charge in [0.2, 0.25) is 5.82 Å². The maximum atomic E-state index is 15.0. The second-order valence-corrected chi connectivity index (χ2v) is 8.15. The van der Waals surface area contributed by atoms with Gasteiger partial charge in [0.15, 0.2) is 17.9 Å². The number of halogens is 3. The van der Waals surface area contributed by atoms with Gasteiger partial charge >= 0.3 is 0 Å². The lowest BCUT2D eigenvalue weighted by molar-refractivity contribution is -0.189. The molecule has 0 amide bonds. The van der Waals surface area contributed by atoms with Crippen molar-refractivity contribution < 1.29 is 27.4 Å². The van der Waals surface area contributed by atoms with Crippen LogP contribution in [0.15, 0.2) is 67.3 Å². The highest BCUT2D eigenvalue weighted by atomic mass is 19.2. The maximum absolute atomic E-state index is 15.0. The van der Waals surface area contributed by atoms with Gasteiger partial charge in [-0.1, -0.05) is 42.5 Å². The molecule has 0 saturated carbocycles. The van der Waals surface area contributed by atoms with Gasteiger partial charge in [0, 0.05) is 23.5 Å². The standard InChI is InChI=1S/C28H27F3O3/c1-3-5-6-26-33-16-21(17-34-26)20-11-12-22(24(29)15-20)18-7-9-19(10-8-18)23-13-14-25(32-4-2)28(31)27(23)30/h3,7-15,21,26H,1,4-6,16-17H2,2H3. The molecule has 0 aromatic heterocycles. The Balaban J connectivity index is 1.48. The number of rotatable bonds is 8. The zero-order chi connectivity index (χ0) is 24.1. The summed E-state index contributed by atoms with van der Waals surface area (Å²) in [6.45, 7) is 6.59. The minimum Gasteiger partial charge on any atom is -0.491 e. The van der Waals surface area contributed by atoms with Crippen molar-refractivity contribution in [3.8, 4) is 28.0 Å². The van der Waals surface area contributed by atoms with Crippen molar-refractivity contribution in [1.29, 1.82) is 0 Å². The number of ether oxygens (including phenoxy) is 3. The first kappa shape index (κ1) is 24.0. The molecule has 3 nitrogen and oxygen atoms in total. The third kappa shape index (κ3) is 5.18. The normalized spacial score (nSPS) is 18.0. The molecule has 1 heterocycles. The minimum absolute atomic E-state index is 0.0385. The lowest BCUT2D eigenvalue weighted by atomic mass is 9.95. The smallest absolute Gasteiger partial charge is 0.201 e. The van der Waals surface area contributed by atoms with Crippen molar-refractivity contribution in [3.05, 3.63) is 90.3 Å². The summed E-state index contributed by atoms with van der Waals surface area (Å²) in [5, 5.41) is 0. The van der Waals surface area contributed by atoms with Crippen molar-refractivity contribution in [1.82, 2.24) is 0 Å². The molecule has 0 unspecified atom stereocenters. The molecule has 178 valence electrons. The van der Waals surface area contributed by atoms with E-state index in [1.165, 1.54) is 18.2 Å². The quantitative estimate of drug-likeness (QED) is 0.326. The summed E-state index contributed by atoms with van der Waals surface area (Å²) in [5.74, 6) is -2.52. The largest absolute Gasteiger partial charge is 0.491 e. The Labute approximate surface area is 197 Å². The van der Waals surface area contributed by atoms with Gasteiger partial charge in [-0.3, -0.25) is 0 Å². The number of allylic oxidation sites excluding steroid dienone is 1. The molecule has 34 heavy (non-hydrogen) atoms. The Morgan fingerprint density at radius 3 is 2.18 bits per heavy atom. The summed E-state index contributed by atoms with van der Waals surface area (Å²) in [6.07, 6.45) is 3.15. The first-order valence-electron chi connectivity index (χ1n) is 11.4. The van der Waals surface area contributed by atoms with E-state index in [9.17, 15) is 13.2 Å². The van der Waals surface area contributed by atoms with Crippen LogP contribution in [0.5, 0.6) is 5.75 Å². The lowest BCUT2D eigenvalue weighted by Crippen LogP contribution is -2.30. The monoisotopic (exact) mass is 468 g/mol. The van der Waals surface area contributed by atoms with Gasteiger partial charge in [0.05, 0.1) is 19.8 Å². The van der Waals surface area contributed by atoms with Crippen LogP contribution in [-0.4, -0.2) is 26.1 Å². The van der Waals surface area contributed by atoms with Crippen molar-refractivity contribution >= 4 is 0 Å². The Morgan fingerprint density at radius 2 is 1.56 bits per heavy atom. The summed E-state index contributed by atoms with van der Waals surface area (Å²) < 4.78 is 60.3. The average molecular weight is 469 g/mol. The highest BCUT2D eigenvalue weighted by molar-refractivity contribution is 5.71. The Morgan fingerprint density at radius 1 is 0.912 bits per heavy atom. The van der Waals surface area contributed by atoms with E-state index < -0.39 is 11.6 Å². The zero-order valence-electron chi connectivity index (χ0n) is 19.0. The number of hydrogen-bond donors (Lipinski definition) is 0. The van der Waals surface area contributed by atoms with Gasteiger partial charge < -0.3 is 14.2 Å². The van der Waals surface area contributed by atoms with Gasteiger partial charge in [-0.25, -0.2) is 8.78 Å².